The van der Waals surface area contributed by atoms with Crippen molar-refractivity contribution in [2.75, 3.05) is 0 Å². The number of halogens is 6. The predicted molar refractivity (Wildman–Crippen MR) is 557 cm³/mol. The second-order valence-electron chi connectivity index (χ2n) is 37.3. The maximum absolute atomic E-state index is 18.1. The van der Waals surface area contributed by atoms with E-state index in [1.54, 1.807) is 45.3 Å². The molecule has 4 atom stereocenters. The van der Waals surface area contributed by atoms with Gasteiger partial charge in [-0.25, -0.2) is 17.6 Å². The molecule has 0 fully saturated rings. The average molecular weight is 1990 g/mol. The van der Waals surface area contributed by atoms with E-state index in [9.17, 15) is 0 Å². The predicted octanol–water partition coefficient (Wildman–Crippen LogP) is 42.1. The van der Waals surface area contributed by atoms with Gasteiger partial charge in [-0.05, 0) is 152 Å². The molecule has 125 heavy (non-hydrogen) atoms. The zero-order valence-corrected chi connectivity index (χ0v) is 87.7. The maximum atomic E-state index is 18.1. The highest BCUT2D eigenvalue weighted by molar-refractivity contribution is 9.11. The molecule has 4 unspecified atom stereocenters. The molecule has 10 aromatic rings. The van der Waals surface area contributed by atoms with Crippen LogP contribution >= 0.6 is 123 Å². The number of thiophene rings is 6. The smallest absolute Gasteiger partial charge is 0.170 e. The minimum absolute atomic E-state index is 0.203. The second-order valence-corrected chi connectivity index (χ2v) is 47.4. The van der Waals surface area contributed by atoms with Crippen molar-refractivity contribution in [2.24, 2.45) is 23.7 Å². The van der Waals surface area contributed by atoms with Crippen LogP contribution in [0.15, 0.2) is 56.1 Å². The van der Waals surface area contributed by atoms with Gasteiger partial charge in [0, 0.05) is 48.8 Å². The van der Waals surface area contributed by atoms with E-state index in [4.69, 9.17) is 17.5 Å². The standard InChI is InChI=1S/C107H154Br2F4N4S8/c1-9-16-23-30-37-40-47-54-60-77(58-51-44-34-27-20-13-5)69-80-72-88(92-96(110)98(112)94(102-100(92)114-124-116-102)90-74-82(106(108)122-90)68-76(8)57-50-43-33-26-19-12-4)120-104(80)86-66-64-84(118-86)85-65-67-87(119-85)105-81(70-78(59-52-45-35-28-21-14-6)61-55-48-41-38-31-24-17-10-2)73-89(121-105)93-97(111)99(113)95(103-101(93)115-125-117-103)91-75-83(107(109)123-91)71-79(62-53-46-36-29-22-15-7)63-56-49-42-39-32-25-18-11-3/h64-67,72-79H,9-63,68-71H2,1-8H3. The van der Waals surface area contributed by atoms with Crippen LogP contribution in [0.4, 0.5) is 17.6 Å². The van der Waals surface area contributed by atoms with Gasteiger partial charge in [0.25, 0.3) is 0 Å². The zero-order valence-electron chi connectivity index (χ0n) is 78.0. The molecule has 0 aliphatic heterocycles. The lowest BCUT2D eigenvalue weighted by molar-refractivity contribution is 0.400. The van der Waals surface area contributed by atoms with E-state index in [1.165, 1.54) is 360 Å². The summed E-state index contributed by atoms with van der Waals surface area (Å²) in [5.41, 5.74) is 7.26. The third-order valence-corrected chi connectivity index (χ3v) is 36.8. The molecule has 0 N–H and O–H groups in total. The number of nitrogens with zero attached hydrogens (tertiary/aromatic N) is 4. The summed E-state index contributed by atoms with van der Waals surface area (Å²) in [6.45, 7) is 18.3. The molecule has 0 radical (unpaired) electrons. The largest absolute Gasteiger partial charge is 0.203 e. The molecule has 18 heteroatoms. The van der Waals surface area contributed by atoms with Crippen molar-refractivity contribution in [3.8, 4) is 71.0 Å². The number of aromatic nitrogens is 4. The number of rotatable bonds is 70. The number of hydrogen-bond donors (Lipinski definition) is 0. The fraction of sp³-hybridized carbons (Fsp3) is 0.664. The van der Waals surface area contributed by atoms with E-state index < -0.39 is 23.3 Å². The van der Waals surface area contributed by atoms with Crippen molar-refractivity contribution in [1.82, 2.24) is 17.5 Å². The molecular formula is C107H154Br2F4N4S8. The summed E-state index contributed by atoms with van der Waals surface area (Å²) in [5, 5.41) is 0. The molecule has 10 rings (SSSR count). The van der Waals surface area contributed by atoms with Gasteiger partial charge in [-0.3, -0.25) is 0 Å². The van der Waals surface area contributed by atoms with Crippen LogP contribution in [0.5, 0.6) is 0 Å². The maximum Gasteiger partial charge on any atom is 0.170 e. The summed E-state index contributed by atoms with van der Waals surface area (Å²) >= 11 is 19.7. The first kappa shape index (κ1) is 104. The van der Waals surface area contributed by atoms with E-state index in [-0.39, 0.29) is 22.3 Å². The highest BCUT2D eigenvalue weighted by Crippen LogP contribution is 2.54. The van der Waals surface area contributed by atoms with Crippen LogP contribution in [0.2, 0.25) is 0 Å². The number of fused-ring (bicyclic) bond motifs is 2. The quantitative estimate of drug-likeness (QED) is 0.0282. The van der Waals surface area contributed by atoms with Crippen molar-refractivity contribution < 1.29 is 17.6 Å². The normalized spacial score (nSPS) is 13.0. The summed E-state index contributed by atoms with van der Waals surface area (Å²) in [7, 11) is 0. The first-order chi connectivity index (χ1) is 61.2. The molecular weight excluding hydrogens is 1830 g/mol. The van der Waals surface area contributed by atoms with E-state index >= 15 is 17.6 Å². The summed E-state index contributed by atoms with van der Waals surface area (Å²) in [6, 6.07) is 17.7. The molecule has 0 saturated carbocycles. The summed E-state index contributed by atoms with van der Waals surface area (Å²) in [6.07, 6.45) is 72.7. The number of benzene rings is 2. The van der Waals surface area contributed by atoms with E-state index in [2.05, 4.69) is 136 Å². The van der Waals surface area contributed by atoms with Gasteiger partial charge in [0.15, 0.2) is 23.3 Å². The molecule has 0 aliphatic carbocycles. The third-order valence-electron chi connectivity index (χ3n) is 26.6. The van der Waals surface area contributed by atoms with E-state index in [1.807, 2.05) is 0 Å². The lowest BCUT2D eigenvalue weighted by Crippen LogP contribution is -2.05. The lowest BCUT2D eigenvalue weighted by atomic mass is 9.88. The lowest BCUT2D eigenvalue weighted by Gasteiger charge is -2.17. The molecule has 0 amide bonds. The molecule has 692 valence electrons. The molecule has 0 spiro atoms. The van der Waals surface area contributed by atoms with Crippen molar-refractivity contribution in [2.45, 2.75) is 434 Å². The van der Waals surface area contributed by atoms with Crippen LogP contribution in [0.1, 0.15) is 431 Å². The van der Waals surface area contributed by atoms with Crippen molar-refractivity contribution in [3.63, 3.8) is 0 Å². The molecule has 0 saturated heterocycles. The Morgan fingerprint density at radius 3 is 0.736 bits per heavy atom. The van der Waals surface area contributed by atoms with Gasteiger partial charge in [0.2, 0.25) is 0 Å². The van der Waals surface area contributed by atoms with Crippen molar-refractivity contribution >= 4 is 145 Å². The molecule has 2 aromatic carbocycles. The van der Waals surface area contributed by atoms with Crippen molar-refractivity contribution in [1.29, 1.82) is 0 Å². The molecule has 0 aliphatic rings. The Morgan fingerprint density at radius 1 is 0.248 bits per heavy atom. The Hall–Kier alpha value is -3.04. The summed E-state index contributed by atoms with van der Waals surface area (Å²) in [5.74, 6) is -1.54. The third kappa shape index (κ3) is 32.7. The Labute approximate surface area is 803 Å². The van der Waals surface area contributed by atoms with E-state index in [0.717, 1.165) is 124 Å². The van der Waals surface area contributed by atoms with Crippen LogP contribution in [0, 0.1) is 46.9 Å². The number of unbranched alkanes of at least 4 members (excludes halogenated alkanes) is 41. The highest BCUT2D eigenvalue weighted by Gasteiger charge is 2.33. The average Bonchev–Trinajstić information content (AvgIpc) is 1.61. The van der Waals surface area contributed by atoms with Crippen LogP contribution in [-0.4, -0.2) is 17.5 Å². The van der Waals surface area contributed by atoms with E-state index in [0.29, 0.717) is 65.2 Å². The van der Waals surface area contributed by atoms with Crippen LogP contribution < -0.4 is 0 Å². The fourth-order valence-corrected chi connectivity index (χ4v) is 28.7. The molecule has 8 aromatic heterocycles. The minimum atomic E-state index is -0.863. The Kier molecular flexibility index (Phi) is 49.0. The van der Waals surface area contributed by atoms with Gasteiger partial charge in [-0.15, -0.1) is 68.0 Å². The topological polar surface area (TPSA) is 51.6 Å². The minimum Gasteiger partial charge on any atom is -0.203 e. The Morgan fingerprint density at radius 2 is 0.464 bits per heavy atom. The molecule has 8 heterocycles. The van der Waals surface area contributed by atoms with Gasteiger partial charge < -0.3 is 0 Å². The SMILES string of the molecule is CCCCCCCCCCC(CCCCCCCC)Cc1cc(-c2c(F)c(F)c(-c3cc(CC(CCCCCCCC)CCCCCCCCCC)c(-c4ccc(-c5ccc(-c6sc(-c7c(F)c(F)c(-c8cc(CC(C)CCCCCCCC)c(Br)s8)c8nsnc78)cc6CC(CCCCCCCC)CCCCCCCCCC)s5)s4)s3)c3nsnc23)sc1Br. The number of hydrogen-bond acceptors (Lipinski definition) is 12. The first-order valence-corrected chi connectivity index (χ1v) is 58.5. The van der Waals surface area contributed by atoms with Gasteiger partial charge in [0.1, 0.15) is 22.1 Å². The summed E-state index contributed by atoms with van der Waals surface area (Å²) in [4.78, 5) is 9.51. The van der Waals surface area contributed by atoms with Crippen LogP contribution in [0.25, 0.3) is 93.1 Å². The van der Waals surface area contributed by atoms with Crippen molar-refractivity contribution in [3.05, 3.63) is 102 Å². The zero-order chi connectivity index (χ0) is 88.3. The first-order valence-electron chi connectivity index (χ1n) is 50.5. The van der Waals surface area contributed by atoms with Crippen LogP contribution in [-0.2, 0) is 25.7 Å². The van der Waals surface area contributed by atoms with Gasteiger partial charge in [0.05, 0.1) is 53.3 Å². The van der Waals surface area contributed by atoms with Gasteiger partial charge >= 0.3 is 0 Å². The van der Waals surface area contributed by atoms with Gasteiger partial charge in [-0.1, -0.05) is 409 Å². The summed E-state index contributed by atoms with van der Waals surface area (Å²) < 4.78 is 93.1. The monoisotopic (exact) mass is 1980 g/mol. The molecule has 0 bridgehead atoms. The second kappa shape index (κ2) is 58.9. The Bertz CT molecular complexity index is 4650. The fourth-order valence-electron chi connectivity index (χ4n) is 19.2. The Balaban J connectivity index is 1.01. The highest BCUT2D eigenvalue weighted by atomic mass is 79.9. The van der Waals surface area contributed by atoms with Gasteiger partial charge in [-0.2, -0.15) is 17.5 Å². The molecule has 4 nitrogen and oxygen atoms in total. The van der Waals surface area contributed by atoms with Crippen LogP contribution in [0.3, 0.4) is 0 Å².